The van der Waals surface area contributed by atoms with Crippen LogP contribution in [0.1, 0.15) is 18.4 Å². The molecule has 1 aromatic carbocycles. The topological polar surface area (TPSA) is 41.5 Å². The first-order chi connectivity index (χ1) is 7.75. The van der Waals surface area contributed by atoms with E-state index in [1.807, 2.05) is 12.1 Å². The molecule has 1 aliphatic heterocycles. The predicted octanol–water partition coefficient (Wildman–Crippen LogP) is 2.42. The van der Waals surface area contributed by atoms with Crippen LogP contribution in [0, 0.1) is 0 Å². The molecule has 4 heteroatoms. The lowest BCUT2D eigenvalue weighted by Crippen LogP contribution is -2.36. The van der Waals surface area contributed by atoms with E-state index < -0.39 is 0 Å². The van der Waals surface area contributed by atoms with Gasteiger partial charge < -0.3 is 15.2 Å². The van der Waals surface area contributed by atoms with Crippen molar-refractivity contribution in [3.63, 3.8) is 0 Å². The maximum atomic E-state index is 9.67. The van der Waals surface area contributed by atoms with Gasteiger partial charge >= 0.3 is 0 Å². The fourth-order valence-corrected chi connectivity index (χ4v) is 2.26. The van der Waals surface area contributed by atoms with Gasteiger partial charge in [-0.3, -0.25) is 0 Å². The minimum Gasteiger partial charge on any atom is -0.508 e. The summed E-state index contributed by atoms with van der Waals surface area (Å²) >= 11 is 3.40. The Morgan fingerprint density at radius 2 is 2.38 bits per heavy atom. The summed E-state index contributed by atoms with van der Waals surface area (Å²) in [5.41, 5.74) is 0.917. The highest BCUT2D eigenvalue weighted by atomic mass is 79.9. The predicted molar refractivity (Wildman–Crippen MR) is 66.5 cm³/mol. The summed E-state index contributed by atoms with van der Waals surface area (Å²) in [6.07, 6.45) is 2.26. The quantitative estimate of drug-likeness (QED) is 0.896. The van der Waals surface area contributed by atoms with Gasteiger partial charge in [-0.2, -0.15) is 0 Å². The first-order valence-corrected chi connectivity index (χ1v) is 6.33. The summed E-state index contributed by atoms with van der Waals surface area (Å²) < 4.78 is 6.38. The van der Waals surface area contributed by atoms with Crippen molar-refractivity contribution in [2.45, 2.75) is 25.4 Å². The lowest BCUT2D eigenvalue weighted by atomic mass is 10.1. The van der Waals surface area contributed by atoms with Crippen molar-refractivity contribution in [2.24, 2.45) is 0 Å². The molecule has 0 amide bonds. The lowest BCUT2D eigenvalue weighted by molar-refractivity contribution is 0.0699. The van der Waals surface area contributed by atoms with Crippen LogP contribution in [0.2, 0.25) is 0 Å². The van der Waals surface area contributed by atoms with E-state index in [1.165, 1.54) is 0 Å². The van der Waals surface area contributed by atoms with Crippen molar-refractivity contribution in [1.29, 1.82) is 0 Å². The Kier molecular flexibility index (Phi) is 4.21. The molecule has 2 N–H and O–H groups in total. The second kappa shape index (κ2) is 5.66. The van der Waals surface area contributed by atoms with E-state index in [2.05, 4.69) is 21.2 Å². The van der Waals surface area contributed by atoms with Gasteiger partial charge in [0.05, 0.1) is 6.61 Å². The van der Waals surface area contributed by atoms with Gasteiger partial charge in [0, 0.05) is 29.2 Å². The van der Waals surface area contributed by atoms with Crippen molar-refractivity contribution in [2.75, 3.05) is 13.2 Å². The number of phenolic OH excluding ortho intramolecular Hbond substituents is 1. The SMILES string of the molecule is Oc1ccc(Br)cc1CNC1CCCOC1. The molecule has 0 radical (unpaired) electrons. The molecule has 2 rings (SSSR count). The van der Waals surface area contributed by atoms with Crippen molar-refractivity contribution in [3.05, 3.63) is 28.2 Å². The third-order valence-electron chi connectivity index (χ3n) is 2.78. The smallest absolute Gasteiger partial charge is 0.120 e. The Labute approximate surface area is 104 Å². The van der Waals surface area contributed by atoms with Gasteiger partial charge in [0.15, 0.2) is 0 Å². The van der Waals surface area contributed by atoms with E-state index in [9.17, 15) is 5.11 Å². The molecule has 1 aliphatic rings. The fraction of sp³-hybridized carbons (Fsp3) is 0.500. The molecule has 0 saturated carbocycles. The van der Waals surface area contributed by atoms with Gasteiger partial charge in [-0.25, -0.2) is 0 Å². The highest BCUT2D eigenvalue weighted by Gasteiger charge is 2.13. The summed E-state index contributed by atoms with van der Waals surface area (Å²) in [5.74, 6) is 0.340. The molecule has 88 valence electrons. The van der Waals surface area contributed by atoms with Crippen LogP contribution in [0.4, 0.5) is 0 Å². The molecule has 0 aromatic heterocycles. The lowest BCUT2D eigenvalue weighted by Gasteiger charge is -2.23. The maximum absolute atomic E-state index is 9.67. The number of benzene rings is 1. The number of aromatic hydroxyl groups is 1. The summed E-state index contributed by atoms with van der Waals surface area (Å²) in [6, 6.07) is 5.89. The second-order valence-electron chi connectivity index (χ2n) is 4.07. The molecular formula is C12H16BrNO2. The zero-order chi connectivity index (χ0) is 11.4. The summed E-state index contributed by atoms with van der Waals surface area (Å²) in [7, 11) is 0. The molecule has 0 aliphatic carbocycles. The van der Waals surface area contributed by atoms with Crippen LogP contribution in [0.3, 0.4) is 0 Å². The highest BCUT2D eigenvalue weighted by Crippen LogP contribution is 2.22. The molecule has 1 heterocycles. The molecular weight excluding hydrogens is 270 g/mol. The van der Waals surface area contributed by atoms with E-state index in [4.69, 9.17) is 4.74 Å². The zero-order valence-corrected chi connectivity index (χ0v) is 10.7. The number of halogens is 1. The molecule has 0 bridgehead atoms. The molecule has 1 saturated heterocycles. The monoisotopic (exact) mass is 285 g/mol. The van der Waals surface area contributed by atoms with Crippen LogP contribution in [0.5, 0.6) is 5.75 Å². The van der Waals surface area contributed by atoms with Crippen LogP contribution in [-0.4, -0.2) is 24.4 Å². The van der Waals surface area contributed by atoms with E-state index in [-0.39, 0.29) is 0 Å². The molecule has 1 aromatic rings. The maximum Gasteiger partial charge on any atom is 0.120 e. The van der Waals surface area contributed by atoms with Crippen molar-refractivity contribution < 1.29 is 9.84 Å². The van der Waals surface area contributed by atoms with Crippen molar-refractivity contribution in [1.82, 2.24) is 5.32 Å². The Morgan fingerprint density at radius 1 is 1.50 bits per heavy atom. The van der Waals surface area contributed by atoms with E-state index >= 15 is 0 Å². The van der Waals surface area contributed by atoms with E-state index in [1.54, 1.807) is 6.07 Å². The van der Waals surface area contributed by atoms with Crippen LogP contribution in [0.15, 0.2) is 22.7 Å². The Balaban J connectivity index is 1.90. The average molecular weight is 286 g/mol. The van der Waals surface area contributed by atoms with Gasteiger partial charge in [-0.05, 0) is 31.0 Å². The number of hydrogen-bond donors (Lipinski definition) is 2. The number of phenols is 1. The minimum absolute atomic E-state index is 0.340. The first-order valence-electron chi connectivity index (χ1n) is 5.54. The molecule has 3 nitrogen and oxygen atoms in total. The molecule has 0 spiro atoms. The second-order valence-corrected chi connectivity index (χ2v) is 4.98. The van der Waals surface area contributed by atoms with E-state index in [0.29, 0.717) is 18.3 Å². The van der Waals surface area contributed by atoms with Gasteiger partial charge in [0.1, 0.15) is 5.75 Å². The van der Waals surface area contributed by atoms with Crippen LogP contribution < -0.4 is 5.32 Å². The number of nitrogens with one attached hydrogen (secondary N) is 1. The number of rotatable bonds is 3. The van der Waals surface area contributed by atoms with Gasteiger partial charge in [0.25, 0.3) is 0 Å². The van der Waals surface area contributed by atoms with E-state index in [0.717, 1.165) is 36.1 Å². The van der Waals surface area contributed by atoms with Crippen LogP contribution >= 0.6 is 15.9 Å². The summed E-state index contributed by atoms with van der Waals surface area (Å²) in [4.78, 5) is 0. The molecule has 1 atom stereocenters. The standard InChI is InChI=1S/C12H16BrNO2/c13-10-3-4-12(15)9(6-10)7-14-11-2-1-5-16-8-11/h3-4,6,11,14-15H,1-2,5,7-8H2. The third-order valence-corrected chi connectivity index (χ3v) is 3.28. The summed E-state index contributed by atoms with van der Waals surface area (Å²) in [6.45, 7) is 2.33. The summed E-state index contributed by atoms with van der Waals surface area (Å²) in [5, 5.41) is 13.1. The van der Waals surface area contributed by atoms with Crippen molar-refractivity contribution in [3.8, 4) is 5.75 Å². The first kappa shape index (κ1) is 11.9. The van der Waals surface area contributed by atoms with Gasteiger partial charge in [-0.1, -0.05) is 15.9 Å². The van der Waals surface area contributed by atoms with Gasteiger partial charge in [0.2, 0.25) is 0 Å². The van der Waals surface area contributed by atoms with Gasteiger partial charge in [-0.15, -0.1) is 0 Å². The number of hydrogen-bond acceptors (Lipinski definition) is 3. The normalized spacial score (nSPS) is 20.9. The van der Waals surface area contributed by atoms with Crippen molar-refractivity contribution >= 4 is 15.9 Å². The van der Waals surface area contributed by atoms with Crippen LogP contribution in [0.25, 0.3) is 0 Å². The molecule has 16 heavy (non-hydrogen) atoms. The zero-order valence-electron chi connectivity index (χ0n) is 9.08. The minimum atomic E-state index is 0.340. The van der Waals surface area contributed by atoms with Crippen LogP contribution in [-0.2, 0) is 11.3 Å². The highest BCUT2D eigenvalue weighted by molar-refractivity contribution is 9.10. The average Bonchev–Trinajstić information content (AvgIpc) is 2.32. The third kappa shape index (κ3) is 3.20. The molecule has 1 fully saturated rings. The fourth-order valence-electron chi connectivity index (χ4n) is 1.85. The Hall–Kier alpha value is -0.580. The number of ether oxygens (including phenoxy) is 1. The Bertz CT molecular complexity index is 351. The molecule has 1 unspecified atom stereocenters. The Morgan fingerprint density at radius 3 is 3.12 bits per heavy atom. The largest absolute Gasteiger partial charge is 0.508 e.